The van der Waals surface area contributed by atoms with Crippen LogP contribution in [0, 0.1) is 17.3 Å². The number of alkyl halides is 2. The van der Waals surface area contributed by atoms with Crippen LogP contribution in [0.2, 0.25) is 0 Å². The number of aromatic nitrogens is 3. The SMILES string of the molecule is CC12Cc3[nH]nc(C(=O)Nc4ccc(C5CCN(CC6CCN(c7ccc(C8CCC(=O)NC8=O)cn7)CC6)CC5)cc4)c3CC1C2(F)F. The summed E-state index contributed by atoms with van der Waals surface area (Å²) in [5.41, 5.74) is 3.28. The molecule has 3 saturated heterocycles. The molecular formula is C37H43F2N7O3. The highest BCUT2D eigenvalue weighted by atomic mass is 19.3. The van der Waals surface area contributed by atoms with Crippen LogP contribution in [-0.4, -0.2) is 76.4 Å². The van der Waals surface area contributed by atoms with E-state index >= 15 is 0 Å². The lowest BCUT2D eigenvalue weighted by molar-refractivity contribution is -0.134. The van der Waals surface area contributed by atoms with Gasteiger partial charge in [-0.2, -0.15) is 5.10 Å². The van der Waals surface area contributed by atoms with Crippen molar-refractivity contribution in [2.45, 2.75) is 76.0 Å². The Morgan fingerprint density at radius 2 is 1.71 bits per heavy atom. The smallest absolute Gasteiger partial charge is 0.276 e. The average molecular weight is 672 g/mol. The molecule has 49 heavy (non-hydrogen) atoms. The van der Waals surface area contributed by atoms with Crippen molar-refractivity contribution in [2.24, 2.45) is 17.3 Å². The zero-order valence-electron chi connectivity index (χ0n) is 27.8. The Morgan fingerprint density at radius 1 is 0.980 bits per heavy atom. The van der Waals surface area contributed by atoms with Crippen LogP contribution in [0.15, 0.2) is 42.6 Å². The van der Waals surface area contributed by atoms with Gasteiger partial charge in [-0.3, -0.25) is 24.8 Å². The van der Waals surface area contributed by atoms with E-state index in [1.54, 1.807) is 13.1 Å². The number of hydrogen-bond acceptors (Lipinski definition) is 7. The van der Waals surface area contributed by atoms with Gasteiger partial charge in [0.2, 0.25) is 11.8 Å². The number of amides is 3. The maximum atomic E-state index is 14.3. The number of aromatic amines is 1. The van der Waals surface area contributed by atoms with Crippen molar-refractivity contribution in [1.82, 2.24) is 25.4 Å². The first-order valence-electron chi connectivity index (χ1n) is 17.7. The van der Waals surface area contributed by atoms with E-state index in [0.29, 0.717) is 41.6 Å². The van der Waals surface area contributed by atoms with Crippen molar-refractivity contribution >= 4 is 29.2 Å². The molecule has 0 radical (unpaired) electrons. The number of rotatable bonds is 7. The van der Waals surface area contributed by atoms with Gasteiger partial charge >= 0.3 is 0 Å². The minimum Gasteiger partial charge on any atom is -0.357 e. The summed E-state index contributed by atoms with van der Waals surface area (Å²) in [4.78, 5) is 46.3. The molecule has 2 aliphatic carbocycles. The third kappa shape index (κ3) is 5.91. The van der Waals surface area contributed by atoms with Gasteiger partial charge in [0.05, 0.1) is 5.92 Å². The number of halogens is 2. The molecule has 4 fully saturated rings. The summed E-state index contributed by atoms with van der Waals surface area (Å²) in [6.45, 7) is 6.79. The standard InChI is InChI=1S/C37H43F2N7O3/c1-36-19-29-28(18-30(36)37(36,38)39)33(44-43-29)35(49)41-26-5-2-23(3-6-26)24-12-14-45(15-13-24)21-22-10-16-46(17-11-22)31-8-4-25(20-40-31)27-7-9-32(47)42-34(27)48/h2-6,8,20,22,24,27,30H,7,9-19,21H2,1H3,(H,41,49)(H,43,44)(H,42,47,48). The summed E-state index contributed by atoms with van der Waals surface area (Å²) in [6.07, 6.45) is 7.52. The van der Waals surface area contributed by atoms with E-state index in [2.05, 4.69) is 47.7 Å². The molecule has 1 aromatic carbocycles. The van der Waals surface area contributed by atoms with E-state index in [1.165, 1.54) is 5.56 Å². The molecule has 12 heteroatoms. The maximum Gasteiger partial charge on any atom is 0.276 e. The number of pyridine rings is 1. The Labute approximate surface area is 284 Å². The number of imide groups is 1. The van der Waals surface area contributed by atoms with Crippen molar-refractivity contribution in [3.8, 4) is 0 Å². The lowest BCUT2D eigenvalue weighted by Crippen LogP contribution is -2.41. The first-order chi connectivity index (χ1) is 23.6. The highest BCUT2D eigenvalue weighted by molar-refractivity contribution is 6.04. The Morgan fingerprint density at radius 3 is 2.41 bits per heavy atom. The molecule has 0 spiro atoms. The van der Waals surface area contributed by atoms with Gasteiger partial charge in [0.1, 0.15) is 5.82 Å². The first-order valence-corrected chi connectivity index (χ1v) is 17.7. The molecule has 10 nitrogen and oxygen atoms in total. The van der Waals surface area contributed by atoms with Crippen molar-refractivity contribution in [2.75, 3.05) is 42.9 Å². The fraction of sp³-hybridized carbons (Fsp3) is 0.541. The van der Waals surface area contributed by atoms with E-state index in [-0.39, 0.29) is 42.2 Å². The molecule has 3 atom stereocenters. The lowest BCUT2D eigenvalue weighted by Gasteiger charge is -2.38. The fourth-order valence-corrected chi connectivity index (χ4v) is 8.79. The van der Waals surface area contributed by atoms with Crippen LogP contribution in [-0.2, 0) is 22.4 Å². The molecule has 5 heterocycles. The van der Waals surface area contributed by atoms with Gasteiger partial charge in [-0.25, -0.2) is 13.8 Å². The molecule has 2 aromatic heterocycles. The monoisotopic (exact) mass is 671 g/mol. The summed E-state index contributed by atoms with van der Waals surface area (Å²) < 4.78 is 28.6. The molecule has 3 aliphatic heterocycles. The topological polar surface area (TPSA) is 123 Å². The van der Waals surface area contributed by atoms with Crippen LogP contribution in [0.25, 0.3) is 0 Å². The summed E-state index contributed by atoms with van der Waals surface area (Å²) in [6, 6.07) is 12.0. The molecule has 3 amide bonds. The molecule has 1 saturated carbocycles. The van der Waals surface area contributed by atoms with Crippen LogP contribution in [0.3, 0.4) is 0 Å². The van der Waals surface area contributed by atoms with Crippen LogP contribution >= 0.6 is 0 Å². The van der Waals surface area contributed by atoms with Gasteiger partial charge < -0.3 is 15.1 Å². The zero-order valence-corrected chi connectivity index (χ0v) is 27.8. The Bertz CT molecular complexity index is 1740. The minimum atomic E-state index is -2.69. The second-order valence-electron chi connectivity index (χ2n) is 15.0. The van der Waals surface area contributed by atoms with E-state index in [0.717, 1.165) is 69.8 Å². The van der Waals surface area contributed by atoms with Crippen LogP contribution in [0.1, 0.15) is 90.2 Å². The third-order valence-electron chi connectivity index (χ3n) is 12.1. The summed E-state index contributed by atoms with van der Waals surface area (Å²) >= 11 is 0. The predicted molar refractivity (Wildman–Crippen MR) is 180 cm³/mol. The number of nitrogens with zero attached hydrogens (tertiary/aromatic N) is 4. The summed E-state index contributed by atoms with van der Waals surface area (Å²) in [7, 11) is 0. The van der Waals surface area contributed by atoms with Gasteiger partial charge in [0, 0.05) is 67.0 Å². The average Bonchev–Trinajstić information content (AvgIpc) is 3.33. The number of H-pyrrole nitrogens is 1. The summed E-state index contributed by atoms with van der Waals surface area (Å²) in [5, 5.41) is 12.4. The van der Waals surface area contributed by atoms with Gasteiger partial charge in [-0.1, -0.05) is 25.1 Å². The first kappa shape index (κ1) is 32.0. The van der Waals surface area contributed by atoms with Gasteiger partial charge in [-0.05, 0) is 92.8 Å². The van der Waals surface area contributed by atoms with Crippen LogP contribution < -0.4 is 15.5 Å². The van der Waals surface area contributed by atoms with Crippen molar-refractivity contribution in [3.05, 3.63) is 70.7 Å². The van der Waals surface area contributed by atoms with Crippen LogP contribution in [0.5, 0.6) is 0 Å². The van der Waals surface area contributed by atoms with Gasteiger partial charge in [0.25, 0.3) is 11.8 Å². The van der Waals surface area contributed by atoms with Crippen molar-refractivity contribution in [3.63, 3.8) is 0 Å². The van der Waals surface area contributed by atoms with E-state index in [1.807, 2.05) is 24.3 Å². The number of piperidine rings is 3. The second-order valence-corrected chi connectivity index (χ2v) is 15.0. The Balaban J connectivity index is 0.778. The molecule has 258 valence electrons. The number of anilines is 2. The highest BCUT2D eigenvalue weighted by Gasteiger charge is 2.78. The Hall–Kier alpha value is -4.19. The molecule has 5 aliphatic rings. The van der Waals surface area contributed by atoms with Crippen molar-refractivity contribution in [1.29, 1.82) is 0 Å². The molecule has 3 unspecified atom stereocenters. The van der Waals surface area contributed by atoms with Crippen LogP contribution in [0.4, 0.5) is 20.3 Å². The Kier molecular flexibility index (Phi) is 8.04. The number of hydrogen-bond donors (Lipinski definition) is 3. The predicted octanol–water partition coefficient (Wildman–Crippen LogP) is 5.04. The summed E-state index contributed by atoms with van der Waals surface area (Å²) in [5.74, 6) is -2.45. The molecular weight excluding hydrogens is 628 g/mol. The lowest BCUT2D eigenvalue weighted by atomic mass is 9.87. The van der Waals surface area contributed by atoms with Gasteiger partial charge in [0.15, 0.2) is 5.69 Å². The largest absolute Gasteiger partial charge is 0.357 e. The normalized spacial score (nSPS) is 27.3. The third-order valence-corrected chi connectivity index (χ3v) is 12.1. The quantitative estimate of drug-likeness (QED) is 0.301. The number of likely N-dealkylation sites (tertiary alicyclic amines) is 1. The second kappa shape index (κ2) is 12.3. The molecule has 3 aromatic rings. The van der Waals surface area contributed by atoms with Gasteiger partial charge in [-0.15, -0.1) is 0 Å². The number of nitrogens with one attached hydrogen (secondary N) is 3. The van der Waals surface area contributed by atoms with E-state index in [4.69, 9.17) is 0 Å². The number of fused-ring (bicyclic) bond motifs is 2. The van der Waals surface area contributed by atoms with E-state index in [9.17, 15) is 23.2 Å². The number of benzene rings is 1. The zero-order chi connectivity index (χ0) is 33.9. The molecule has 3 N–H and O–H groups in total. The molecule has 8 rings (SSSR count). The fourth-order valence-electron chi connectivity index (χ4n) is 8.79. The maximum absolute atomic E-state index is 14.3. The molecule has 0 bridgehead atoms. The van der Waals surface area contributed by atoms with Crippen molar-refractivity contribution < 1.29 is 23.2 Å². The minimum absolute atomic E-state index is 0.177. The number of carbonyl (C=O) groups excluding carboxylic acids is 3. The highest BCUT2D eigenvalue weighted by Crippen LogP contribution is 2.70. The number of carbonyl (C=O) groups is 3. The van der Waals surface area contributed by atoms with E-state index < -0.39 is 17.3 Å².